The van der Waals surface area contributed by atoms with Crippen molar-refractivity contribution in [2.45, 2.75) is 0 Å². The van der Waals surface area contributed by atoms with Crippen LogP contribution in [0.1, 0.15) is 0 Å². The van der Waals surface area contributed by atoms with E-state index in [1.54, 1.807) is 30.3 Å². The third-order valence-corrected chi connectivity index (χ3v) is 4.64. The summed E-state index contributed by atoms with van der Waals surface area (Å²) in [7, 11) is 0. The lowest BCUT2D eigenvalue weighted by atomic mass is 10.3. The summed E-state index contributed by atoms with van der Waals surface area (Å²) < 4.78 is 6.53. The van der Waals surface area contributed by atoms with E-state index in [1.165, 1.54) is 16.8 Å². The van der Waals surface area contributed by atoms with E-state index in [9.17, 15) is 14.9 Å². The molecule has 0 saturated heterocycles. The molecule has 0 fully saturated rings. The van der Waals surface area contributed by atoms with Crippen molar-refractivity contribution in [3.8, 4) is 11.6 Å². The van der Waals surface area contributed by atoms with Gasteiger partial charge in [-0.1, -0.05) is 40.5 Å². The number of carbonyl (C=O) groups excluding carboxylic acids is 1. The van der Waals surface area contributed by atoms with Gasteiger partial charge in [0.05, 0.1) is 15.5 Å². The maximum absolute atomic E-state index is 12.1. The van der Waals surface area contributed by atoms with E-state index in [2.05, 4.69) is 31.1 Å². The van der Waals surface area contributed by atoms with Crippen LogP contribution in [-0.4, -0.2) is 42.4 Å². The molecule has 12 nitrogen and oxygen atoms in total. The summed E-state index contributed by atoms with van der Waals surface area (Å²) in [6, 6.07) is 11.4. The molecule has 0 atom stereocenters. The number of anilines is 1. The van der Waals surface area contributed by atoms with Crippen LogP contribution < -0.4 is 15.6 Å². The first-order valence-corrected chi connectivity index (χ1v) is 9.62. The van der Waals surface area contributed by atoms with Crippen LogP contribution in [0.2, 0.25) is 10.0 Å². The molecule has 2 aromatic carbocycles. The number of benzene rings is 2. The molecule has 0 aliphatic heterocycles. The van der Waals surface area contributed by atoms with Crippen molar-refractivity contribution >= 4 is 51.6 Å². The second-order valence-corrected chi connectivity index (χ2v) is 7.02. The molecule has 0 saturated carbocycles. The number of fused-ring (bicyclic) bond motifs is 1. The zero-order valence-corrected chi connectivity index (χ0v) is 17.4. The molecule has 162 valence electrons. The average Bonchev–Trinajstić information content (AvgIpc) is 3.20. The number of rotatable bonds is 7. The number of hydrazine groups is 1. The molecular formula is C18H12Cl2N8O4. The third-order valence-electron chi connectivity index (χ3n) is 4.11. The van der Waals surface area contributed by atoms with Gasteiger partial charge < -0.3 is 4.74 Å². The summed E-state index contributed by atoms with van der Waals surface area (Å²) in [5.41, 5.74) is 5.23. The Morgan fingerprint density at radius 3 is 2.78 bits per heavy atom. The first-order chi connectivity index (χ1) is 15.4. The number of nitro groups is 1. The Balaban J connectivity index is 1.52. The van der Waals surface area contributed by atoms with E-state index in [4.69, 9.17) is 27.9 Å². The first kappa shape index (κ1) is 21.2. The van der Waals surface area contributed by atoms with Crippen LogP contribution in [0.5, 0.6) is 5.75 Å². The minimum atomic E-state index is -0.690. The van der Waals surface area contributed by atoms with Gasteiger partial charge in [0.25, 0.3) is 5.91 Å². The number of ether oxygens (including phenoxy) is 1. The standard InChI is InChI=1S/C18H12Cl2N8O4/c19-10-5-6-14(11(20)7-10)32-8-15(29)24-25-17-16(28(30)31)18(22-9-21-17)27-13-4-2-1-3-12(13)23-26-27/h1-7,9H,8H2,(H,24,29)(H,21,22,25). The number of amides is 1. The van der Waals surface area contributed by atoms with Gasteiger partial charge in [-0.3, -0.25) is 25.8 Å². The van der Waals surface area contributed by atoms with Crippen molar-refractivity contribution in [2.24, 2.45) is 0 Å². The van der Waals surface area contributed by atoms with Crippen LogP contribution in [0.15, 0.2) is 48.8 Å². The van der Waals surface area contributed by atoms with Crippen LogP contribution in [0.3, 0.4) is 0 Å². The predicted molar refractivity (Wildman–Crippen MR) is 115 cm³/mol. The molecule has 1 amide bonds. The molecule has 4 rings (SSSR count). The second-order valence-electron chi connectivity index (χ2n) is 6.18. The summed E-state index contributed by atoms with van der Waals surface area (Å²) in [5, 5.41) is 20.3. The van der Waals surface area contributed by atoms with Gasteiger partial charge in [-0.2, -0.15) is 4.68 Å². The maximum Gasteiger partial charge on any atom is 0.357 e. The van der Waals surface area contributed by atoms with Gasteiger partial charge >= 0.3 is 5.69 Å². The SMILES string of the molecule is O=C(COc1ccc(Cl)cc1Cl)NNc1ncnc(-n2nnc3ccccc32)c1[N+](=O)[O-]. The van der Waals surface area contributed by atoms with E-state index >= 15 is 0 Å². The van der Waals surface area contributed by atoms with E-state index in [0.717, 1.165) is 6.33 Å². The molecular weight excluding hydrogens is 463 g/mol. The number of para-hydroxylation sites is 1. The van der Waals surface area contributed by atoms with Crippen molar-refractivity contribution in [1.82, 2.24) is 30.4 Å². The Hall–Kier alpha value is -4.03. The predicted octanol–water partition coefficient (Wildman–Crippen LogP) is 2.95. The van der Waals surface area contributed by atoms with Gasteiger partial charge in [-0.15, -0.1) is 5.10 Å². The molecule has 0 bridgehead atoms. The lowest BCUT2D eigenvalue weighted by molar-refractivity contribution is -0.384. The minimum Gasteiger partial charge on any atom is -0.482 e. The number of hydrogen-bond donors (Lipinski definition) is 2. The summed E-state index contributed by atoms with van der Waals surface area (Å²) >= 11 is 11.8. The van der Waals surface area contributed by atoms with Gasteiger partial charge in [0, 0.05) is 5.02 Å². The Kier molecular flexibility index (Phi) is 5.96. The van der Waals surface area contributed by atoms with Crippen LogP contribution in [0, 0.1) is 10.1 Å². The number of carbonyl (C=O) groups is 1. The molecule has 0 aliphatic rings. The fraction of sp³-hybridized carbons (Fsp3) is 0.0556. The summed E-state index contributed by atoms with van der Waals surface area (Å²) in [6.07, 6.45) is 1.09. The van der Waals surface area contributed by atoms with Crippen molar-refractivity contribution in [1.29, 1.82) is 0 Å². The molecule has 2 N–H and O–H groups in total. The lowest BCUT2D eigenvalue weighted by Gasteiger charge is -2.11. The van der Waals surface area contributed by atoms with E-state index in [0.29, 0.717) is 16.1 Å². The average molecular weight is 475 g/mol. The molecule has 4 aromatic rings. The molecule has 2 aromatic heterocycles. The number of halogens is 2. The highest BCUT2D eigenvalue weighted by Crippen LogP contribution is 2.29. The van der Waals surface area contributed by atoms with Crippen LogP contribution in [0.4, 0.5) is 11.5 Å². The van der Waals surface area contributed by atoms with Gasteiger partial charge in [-0.05, 0) is 30.3 Å². The molecule has 0 unspecified atom stereocenters. The van der Waals surface area contributed by atoms with E-state index in [-0.39, 0.29) is 22.4 Å². The van der Waals surface area contributed by atoms with Crippen LogP contribution in [0.25, 0.3) is 16.9 Å². The summed E-state index contributed by atoms with van der Waals surface area (Å²) in [6.45, 7) is -0.423. The molecule has 0 radical (unpaired) electrons. The van der Waals surface area contributed by atoms with Gasteiger partial charge in [0.1, 0.15) is 17.6 Å². The third kappa shape index (κ3) is 4.36. The normalized spacial score (nSPS) is 10.7. The van der Waals surface area contributed by atoms with E-state index < -0.39 is 23.1 Å². The largest absolute Gasteiger partial charge is 0.482 e. The van der Waals surface area contributed by atoms with Crippen LogP contribution in [-0.2, 0) is 4.79 Å². The smallest absolute Gasteiger partial charge is 0.357 e. The zero-order chi connectivity index (χ0) is 22.7. The fourth-order valence-corrected chi connectivity index (χ4v) is 3.17. The zero-order valence-electron chi connectivity index (χ0n) is 15.9. The van der Waals surface area contributed by atoms with Crippen LogP contribution >= 0.6 is 23.2 Å². The maximum atomic E-state index is 12.1. The molecule has 0 spiro atoms. The molecule has 14 heteroatoms. The minimum absolute atomic E-state index is 0.125. The van der Waals surface area contributed by atoms with Crippen molar-refractivity contribution in [3.05, 3.63) is 69.0 Å². The van der Waals surface area contributed by atoms with E-state index in [1.807, 2.05) is 0 Å². The number of nitrogens with zero attached hydrogens (tertiary/aromatic N) is 6. The first-order valence-electron chi connectivity index (χ1n) is 8.87. The van der Waals surface area contributed by atoms with Crippen molar-refractivity contribution in [3.63, 3.8) is 0 Å². The number of hydrogen-bond acceptors (Lipinski definition) is 9. The summed E-state index contributed by atoms with van der Waals surface area (Å²) in [5.74, 6) is -0.770. The fourth-order valence-electron chi connectivity index (χ4n) is 2.71. The van der Waals surface area contributed by atoms with Gasteiger partial charge in [0.2, 0.25) is 11.6 Å². The summed E-state index contributed by atoms with van der Waals surface area (Å²) in [4.78, 5) is 31.0. The Bertz CT molecular complexity index is 1330. The Morgan fingerprint density at radius 1 is 1.19 bits per heavy atom. The van der Waals surface area contributed by atoms with Gasteiger partial charge in [-0.25, -0.2) is 9.97 Å². The molecule has 0 aliphatic carbocycles. The monoisotopic (exact) mass is 474 g/mol. The second kappa shape index (κ2) is 8.99. The highest BCUT2D eigenvalue weighted by molar-refractivity contribution is 6.35. The van der Waals surface area contributed by atoms with Gasteiger partial charge in [0.15, 0.2) is 6.61 Å². The van der Waals surface area contributed by atoms with Crippen molar-refractivity contribution < 1.29 is 14.5 Å². The topological polar surface area (TPSA) is 150 Å². The number of aromatic nitrogens is 5. The van der Waals surface area contributed by atoms with Crippen molar-refractivity contribution in [2.75, 3.05) is 12.0 Å². The molecule has 2 heterocycles. The molecule has 32 heavy (non-hydrogen) atoms. The Morgan fingerprint density at radius 2 is 2.00 bits per heavy atom. The highest BCUT2D eigenvalue weighted by atomic mass is 35.5. The lowest BCUT2D eigenvalue weighted by Crippen LogP contribution is -2.34. The highest BCUT2D eigenvalue weighted by Gasteiger charge is 2.26. The quantitative estimate of drug-likeness (QED) is 0.304. The Labute approximate surface area is 189 Å². The number of nitrogens with one attached hydrogen (secondary N) is 2.